The van der Waals surface area contributed by atoms with E-state index >= 15 is 0 Å². The number of H-pyrrole nitrogens is 1. The van der Waals surface area contributed by atoms with Gasteiger partial charge in [-0.25, -0.2) is 4.79 Å². The van der Waals surface area contributed by atoms with Gasteiger partial charge >= 0.3 is 6.09 Å². The van der Waals surface area contributed by atoms with Gasteiger partial charge in [0.25, 0.3) is 5.91 Å². The molecule has 1 unspecified atom stereocenters. The van der Waals surface area contributed by atoms with Crippen molar-refractivity contribution in [3.63, 3.8) is 0 Å². The maximum absolute atomic E-state index is 13.8. The SMILES string of the molecule is CC(C)(C)OC(=O)N[C@@H](C[C@@H]1CCCC1=O)C(N)=O.COc1cccc2[nH]c(C(=O)N3CC4(CCCCC4)CC3C(=O)N[C@H](C#N)C[C@@H]3CCCC3=O)cc12.NC(=O)[C@@H](N)C[C@@H]1CCCC1=O. The summed E-state index contributed by atoms with van der Waals surface area (Å²) in [6, 6.07) is 6.69. The number of nitrogens with zero attached hydrogens (tertiary/aromatic N) is 2. The maximum Gasteiger partial charge on any atom is 0.408 e. The second-order valence-corrected chi connectivity index (χ2v) is 20.0. The standard InChI is InChI=1S/C28H34N4O4.C13H22N2O4.C8H14N2O2/c1-36-25-10-6-8-21-20(25)14-22(31-21)27(35)32-17-28(11-3-2-4-12-28)15-23(32)26(34)30-19(16-29)13-18-7-5-9-24(18)33;1-13(2,3)19-12(18)15-9(11(14)17)7-8-5-4-6-10(8)16;9-6(8(10)12)4-5-2-1-3-7(5)11/h6,8,10,14,18-19,23,31H,2-5,7,9,11-13,15,17H2,1H3,(H,30,34);8-9H,4-7H2,1-3H3,(H2,14,17)(H,15,18);5-6H,1-4,9H2,(H2,10,12)/t18-,19-,23?;8-,9-;5-,6-/m000/s1. The van der Waals surface area contributed by atoms with Crippen LogP contribution in [0.25, 0.3) is 10.9 Å². The first-order valence-corrected chi connectivity index (χ1v) is 23.8. The summed E-state index contributed by atoms with van der Waals surface area (Å²) in [4.78, 5) is 101. The smallest absolute Gasteiger partial charge is 0.408 e. The number of ether oxygens (including phenoxy) is 2. The molecular formula is C49H70N8O10. The molecule has 1 aromatic carbocycles. The molecule has 5 amide bonds. The molecule has 7 atom stereocenters. The lowest BCUT2D eigenvalue weighted by atomic mass is 9.72. The van der Waals surface area contributed by atoms with Gasteiger partial charge in [0.2, 0.25) is 17.7 Å². The molecule has 2 aromatic rings. The Morgan fingerprint density at radius 3 is 1.94 bits per heavy atom. The Morgan fingerprint density at radius 2 is 1.43 bits per heavy atom. The number of hydrogen-bond acceptors (Lipinski definition) is 12. The summed E-state index contributed by atoms with van der Waals surface area (Å²) in [6.07, 6.45) is 13.0. The number of alkyl carbamates (subject to hydrolysis) is 1. The number of aromatic amines is 1. The van der Waals surface area contributed by atoms with Gasteiger partial charge in [0.15, 0.2) is 0 Å². The van der Waals surface area contributed by atoms with Gasteiger partial charge in [-0.2, -0.15) is 5.26 Å². The monoisotopic (exact) mass is 931 g/mol. The third kappa shape index (κ3) is 14.3. The molecule has 18 heteroatoms. The lowest BCUT2D eigenvalue weighted by molar-refractivity contribution is -0.126. The van der Waals surface area contributed by atoms with Crippen molar-refractivity contribution in [2.75, 3.05) is 13.7 Å². The average molecular weight is 931 g/mol. The molecule has 366 valence electrons. The Bertz CT molecular complexity index is 2190. The van der Waals surface area contributed by atoms with Crippen LogP contribution in [0.4, 0.5) is 4.79 Å². The molecule has 1 saturated heterocycles. The highest BCUT2D eigenvalue weighted by molar-refractivity contribution is 6.02. The van der Waals surface area contributed by atoms with E-state index in [0.717, 1.165) is 75.1 Å². The van der Waals surface area contributed by atoms with Gasteiger partial charge in [0.05, 0.1) is 19.2 Å². The number of hydrogen-bond donors (Lipinski definition) is 6. The fourth-order valence-electron chi connectivity index (χ4n) is 10.3. The molecule has 1 spiro atoms. The van der Waals surface area contributed by atoms with E-state index in [4.69, 9.17) is 26.7 Å². The van der Waals surface area contributed by atoms with Crippen molar-refractivity contribution >= 4 is 58.0 Å². The van der Waals surface area contributed by atoms with E-state index in [-0.39, 0.29) is 58.8 Å². The number of methoxy groups -OCH3 is 1. The molecule has 4 saturated carbocycles. The van der Waals surface area contributed by atoms with Crippen molar-refractivity contribution in [2.24, 2.45) is 40.4 Å². The van der Waals surface area contributed by atoms with Gasteiger partial charge in [0.1, 0.15) is 52.5 Å². The van der Waals surface area contributed by atoms with Crippen LogP contribution in [0.3, 0.4) is 0 Å². The van der Waals surface area contributed by atoms with Crippen molar-refractivity contribution in [2.45, 2.75) is 166 Å². The molecule has 2 heterocycles. The van der Waals surface area contributed by atoms with Crippen LogP contribution in [0.1, 0.15) is 147 Å². The second-order valence-electron chi connectivity index (χ2n) is 20.0. The second kappa shape index (κ2) is 23.3. The summed E-state index contributed by atoms with van der Waals surface area (Å²) >= 11 is 0. The zero-order valence-corrected chi connectivity index (χ0v) is 39.5. The van der Waals surface area contributed by atoms with Gasteiger partial charge in [-0.05, 0) is 121 Å². The Balaban J connectivity index is 0.000000225. The van der Waals surface area contributed by atoms with E-state index in [0.29, 0.717) is 56.5 Å². The molecule has 4 aliphatic carbocycles. The Hall–Kier alpha value is -5.83. The number of aromatic nitrogens is 1. The highest BCUT2D eigenvalue weighted by Gasteiger charge is 2.49. The van der Waals surface area contributed by atoms with E-state index in [1.54, 1.807) is 38.8 Å². The van der Waals surface area contributed by atoms with Crippen LogP contribution >= 0.6 is 0 Å². The zero-order chi connectivity index (χ0) is 49.1. The molecule has 5 aliphatic rings. The van der Waals surface area contributed by atoms with E-state index in [9.17, 15) is 43.6 Å². The number of rotatable bonds is 13. The predicted molar refractivity (Wildman–Crippen MR) is 248 cm³/mol. The van der Waals surface area contributed by atoms with Crippen LogP contribution in [0.2, 0.25) is 0 Å². The number of nitriles is 1. The number of Topliss-reactive ketones (excluding diaryl/α,β-unsaturated/α-hetero) is 3. The molecule has 7 rings (SSSR count). The predicted octanol–water partition coefficient (Wildman–Crippen LogP) is 4.79. The summed E-state index contributed by atoms with van der Waals surface area (Å²) < 4.78 is 10.5. The highest BCUT2D eigenvalue weighted by Crippen LogP contribution is 2.47. The molecule has 0 radical (unpaired) electrons. The lowest BCUT2D eigenvalue weighted by Gasteiger charge is -2.32. The van der Waals surface area contributed by atoms with Crippen molar-refractivity contribution in [3.8, 4) is 11.8 Å². The summed E-state index contributed by atoms with van der Waals surface area (Å²) in [5.74, 6) is -0.823. The Kier molecular flexibility index (Phi) is 18.1. The minimum Gasteiger partial charge on any atom is -0.496 e. The van der Waals surface area contributed by atoms with E-state index < -0.39 is 47.7 Å². The van der Waals surface area contributed by atoms with E-state index in [2.05, 4.69) is 21.7 Å². The molecule has 1 aromatic heterocycles. The van der Waals surface area contributed by atoms with Crippen LogP contribution in [0.5, 0.6) is 5.75 Å². The third-order valence-electron chi connectivity index (χ3n) is 13.8. The fraction of sp³-hybridized carbons (Fsp3) is 0.653. The number of carbonyl (C=O) groups is 8. The molecule has 0 bridgehead atoms. The van der Waals surface area contributed by atoms with Crippen LogP contribution in [0, 0.1) is 34.5 Å². The van der Waals surface area contributed by atoms with Crippen LogP contribution in [-0.2, 0) is 33.5 Å². The van der Waals surface area contributed by atoms with Crippen LogP contribution < -0.4 is 32.6 Å². The van der Waals surface area contributed by atoms with Gasteiger partial charge in [-0.3, -0.25) is 33.6 Å². The first kappa shape index (κ1) is 52.1. The third-order valence-corrected chi connectivity index (χ3v) is 13.8. The summed E-state index contributed by atoms with van der Waals surface area (Å²) in [5, 5.41) is 15.9. The molecule has 1 aliphatic heterocycles. The number of fused-ring (bicyclic) bond motifs is 1. The zero-order valence-electron chi connectivity index (χ0n) is 39.5. The van der Waals surface area contributed by atoms with Crippen LogP contribution in [-0.4, -0.2) is 100 Å². The number of nitrogens with two attached hydrogens (primary N) is 3. The lowest BCUT2D eigenvalue weighted by Crippen LogP contribution is -2.49. The van der Waals surface area contributed by atoms with Gasteiger partial charge in [-0.1, -0.05) is 25.3 Å². The number of benzene rings is 1. The topological polar surface area (TPSA) is 300 Å². The van der Waals surface area contributed by atoms with Gasteiger partial charge in [0, 0.05) is 54.5 Å². The number of ketones is 3. The van der Waals surface area contributed by atoms with Crippen molar-refractivity contribution in [1.29, 1.82) is 5.26 Å². The number of amides is 5. The fourth-order valence-corrected chi connectivity index (χ4v) is 10.3. The number of primary amides is 2. The quantitative estimate of drug-likeness (QED) is 0.158. The van der Waals surface area contributed by atoms with Crippen molar-refractivity contribution in [3.05, 3.63) is 30.0 Å². The van der Waals surface area contributed by atoms with Crippen LogP contribution in [0.15, 0.2) is 24.3 Å². The Labute approximate surface area is 392 Å². The summed E-state index contributed by atoms with van der Waals surface area (Å²) in [5.41, 5.74) is 16.2. The average Bonchev–Trinajstić information content (AvgIpc) is 4.13. The van der Waals surface area contributed by atoms with Gasteiger partial charge in [-0.15, -0.1) is 0 Å². The number of carbonyl (C=O) groups excluding carboxylic acids is 8. The van der Waals surface area contributed by atoms with Crippen molar-refractivity contribution < 1.29 is 47.8 Å². The number of nitrogens with one attached hydrogen (secondary N) is 3. The molecule has 18 nitrogen and oxygen atoms in total. The molecule has 5 fully saturated rings. The van der Waals surface area contributed by atoms with Gasteiger partial charge < -0.3 is 47.2 Å². The normalized spacial score (nSPS) is 23.5. The highest BCUT2D eigenvalue weighted by atomic mass is 16.6. The van der Waals surface area contributed by atoms with E-state index in [1.807, 2.05) is 18.2 Å². The largest absolute Gasteiger partial charge is 0.496 e. The molecule has 9 N–H and O–H groups in total. The minimum atomic E-state index is -0.859. The summed E-state index contributed by atoms with van der Waals surface area (Å²) in [6.45, 7) is 5.72. The first-order valence-electron chi connectivity index (χ1n) is 23.8. The maximum atomic E-state index is 13.8. The minimum absolute atomic E-state index is 0.0208. The number of likely N-dealkylation sites (tertiary alicyclic amines) is 1. The summed E-state index contributed by atoms with van der Waals surface area (Å²) in [7, 11) is 1.60. The first-order chi connectivity index (χ1) is 31.7. The van der Waals surface area contributed by atoms with E-state index in [1.165, 1.54) is 6.42 Å². The molecular weight excluding hydrogens is 861 g/mol. The Morgan fingerprint density at radius 1 is 0.851 bits per heavy atom. The molecule has 67 heavy (non-hydrogen) atoms. The van der Waals surface area contributed by atoms with Crippen molar-refractivity contribution in [1.82, 2.24) is 20.5 Å².